The molecule has 0 radical (unpaired) electrons. The molecular formula is C13H12ClFN4O. The average Bonchev–Trinajstić information content (AvgIpc) is 2.44. The van der Waals surface area contributed by atoms with Crippen LogP contribution in [0, 0.1) is 5.82 Å². The van der Waals surface area contributed by atoms with Crippen molar-refractivity contribution in [3.8, 4) is 0 Å². The number of benzene rings is 1. The zero-order chi connectivity index (χ0) is 14.5. The summed E-state index contributed by atoms with van der Waals surface area (Å²) in [6.45, 7) is 2.62. The van der Waals surface area contributed by atoms with Crippen LogP contribution in [0.1, 0.15) is 17.4 Å². The predicted molar refractivity (Wildman–Crippen MR) is 75.6 cm³/mol. The number of para-hydroxylation sites is 1. The van der Waals surface area contributed by atoms with Crippen molar-refractivity contribution in [3.05, 3.63) is 47.1 Å². The van der Waals surface area contributed by atoms with Crippen LogP contribution < -0.4 is 10.6 Å². The van der Waals surface area contributed by atoms with Gasteiger partial charge in [0.25, 0.3) is 5.91 Å². The van der Waals surface area contributed by atoms with Crippen molar-refractivity contribution in [1.29, 1.82) is 0 Å². The molecule has 0 aliphatic heterocycles. The van der Waals surface area contributed by atoms with Gasteiger partial charge in [0.2, 0.25) is 0 Å². The monoisotopic (exact) mass is 294 g/mol. The van der Waals surface area contributed by atoms with Crippen molar-refractivity contribution in [3.63, 3.8) is 0 Å². The van der Waals surface area contributed by atoms with Gasteiger partial charge in [0.05, 0.1) is 23.1 Å². The highest BCUT2D eigenvalue weighted by Gasteiger charge is 2.13. The van der Waals surface area contributed by atoms with E-state index in [0.29, 0.717) is 12.4 Å². The summed E-state index contributed by atoms with van der Waals surface area (Å²) in [5.41, 5.74) is 0.00250. The molecule has 1 aromatic heterocycles. The van der Waals surface area contributed by atoms with E-state index in [2.05, 4.69) is 20.6 Å². The smallest absolute Gasteiger partial charge is 0.275 e. The molecule has 1 aromatic carbocycles. The summed E-state index contributed by atoms with van der Waals surface area (Å²) in [6, 6.07) is 4.15. The Labute approximate surface area is 120 Å². The van der Waals surface area contributed by atoms with E-state index >= 15 is 0 Å². The first-order chi connectivity index (χ1) is 9.61. The zero-order valence-corrected chi connectivity index (χ0v) is 11.4. The van der Waals surface area contributed by atoms with Crippen LogP contribution in [0.5, 0.6) is 0 Å². The number of aromatic nitrogens is 2. The fourth-order valence-corrected chi connectivity index (χ4v) is 1.72. The molecule has 0 bridgehead atoms. The lowest BCUT2D eigenvalue weighted by Gasteiger charge is -2.08. The third-order valence-corrected chi connectivity index (χ3v) is 2.76. The van der Waals surface area contributed by atoms with Crippen LogP contribution in [0.25, 0.3) is 0 Å². The van der Waals surface area contributed by atoms with Gasteiger partial charge >= 0.3 is 0 Å². The van der Waals surface area contributed by atoms with Crippen LogP contribution in [0.4, 0.5) is 15.9 Å². The topological polar surface area (TPSA) is 66.9 Å². The second-order valence-corrected chi connectivity index (χ2v) is 4.28. The van der Waals surface area contributed by atoms with Crippen molar-refractivity contribution in [1.82, 2.24) is 9.97 Å². The Morgan fingerprint density at radius 1 is 1.35 bits per heavy atom. The SMILES string of the molecule is CCNc1cnc(C(=O)Nc2c(F)cccc2Cl)cn1. The van der Waals surface area contributed by atoms with Gasteiger partial charge in [-0.2, -0.15) is 0 Å². The Kier molecular flexibility index (Phi) is 4.47. The van der Waals surface area contributed by atoms with Gasteiger partial charge in [0.15, 0.2) is 0 Å². The Morgan fingerprint density at radius 2 is 2.15 bits per heavy atom. The molecular weight excluding hydrogens is 283 g/mol. The van der Waals surface area contributed by atoms with Gasteiger partial charge in [-0.05, 0) is 19.1 Å². The van der Waals surface area contributed by atoms with E-state index in [9.17, 15) is 9.18 Å². The van der Waals surface area contributed by atoms with Crippen molar-refractivity contribution in [2.24, 2.45) is 0 Å². The average molecular weight is 295 g/mol. The quantitative estimate of drug-likeness (QED) is 0.910. The number of nitrogens with zero attached hydrogens (tertiary/aromatic N) is 2. The van der Waals surface area contributed by atoms with Crippen molar-refractivity contribution < 1.29 is 9.18 Å². The second kappa shape index (κ2) is 6.29. The molecule has 0 aliphatic rings. The molecule has 0 fully saturated rings. The molecule has 0 atom stereocenters. The summed E-state index contributed by atoms with van der Waals surface area (Å²) in [5.74, 6) is -0.622. The number of hydrogen-bond donors (Lipinski definition) is 2. The maximum Gasteiger partial charge on any atom is 0.275 e. The van der Waals surface area contributed by atoms with Crippen LogP contribution >= 0.6 is 11.6 Å². The molecule has 2 rings (SSSR count). The summed E-state index contributed by atoms with van der Waals surface area (Å²) in [7, 11) is 0. The minimum absolute atomic E-state index is 0.0725. The fourth-order valence-electron chi connectivity index (χ4n) is 1.51. The number of nitrogens with one attached hydrogen (secondary N) is 2. The molecule has 0 saturated carbocycles. The Morgan fingerprint density at radius 3 is 2.75 bits per heavy atom. The molecule has 7 heteroatoms. The first-order valence-corrected chi connectivity index (χ1v) is 6.31. The largest absolute Gasteiger partial charge is 0.369 e. The second-order valence-electron chi connectivity index (χ2n) is 3.87. The highest BCUT2D eigenvalue weighted by Crippen LogP contribution is 2.24. The number of hydrogen-bond acceptors (Lipinski definition) is 4. The molecule has 0 saturated heterocycles. The van der Waals surface area contributed by atoms with Crippen LogP contribution in [0.3, 0.4) is 0 Å². The van der Waals surface area contributed by atoms with Crippen LogP contribution in [-0.2, 0) is 0 Å². The molecule has 2 N–H and O–H groups in total. The van der Waals surface area contributed by atoms with Crippen LogP contribution in [0.15, 0.2) is 30.6 Å². The lowest BCUT2D eigenvalue weighted by atomic mass is 10.3. The Bertz CT molecular complexity index is 598. The van der Waals surface area contributed by atoms with Crippen LogP contribution in [0.2, 0.25) is 5.02 Å². The van der Waals surface area contributed by atoms with Gasteiger partial charge in [-0.3, -0.25) is 4.79 Å². The first-order valence-electron chi connectivity index (χ1n) is 5.93. The van der Waals surface area contributed by atoms with E-state index < -0.39 is 11.7 Å². The third kappa shape index (κ3) is 3.21. The fraction of sp³-hybridized carbons (Fsp3) is 0.154. The summed E-state index contributed by atoms with van der Waals surface area (Å²) in [5, 5.41) is 5.45. The van der Waals surface area contributed by atoms with Gasteiger partial charge in [-0.25, -0.2) is 14.4 Å². The molecule has 1 heterocycles. The molecule has 5 nitrogen and oxygen atoms in total. The van der Waals surface area contributed by atoms with Crippen LogP contribution in [-0.4, -0.2) is 22.4 Å². The number of carbonyl (C=O) groups is 1. The molecule has 2 aromatic rings. The van der Waals surface area contributed by atoms with Gasteiger partial charge in [-0.15, -0.1) is 0 Å². The van der Waals surface area contributed by atoms with Gasteiger partial charge in [0.1, 0.15) is 17.3 Å². The molecule has 0 aliphatic carbocycles. The molecule has 104 valence electrons. The van der Waals surface area contributed by atoms with Crippen molar-refractivity contribution in [2.75, 3.05) is 17.2 Å². The summed E-state index contributed by atoms with van der Waals surface area (Å²) in [6.07, 6.45) is 2.74. The molecule has 1 amide bonds. The maximum absolute atomic E-state index is 13.5. The Hall–Kier alpha value is -2.21. The normalized spacial score (nSPS) is 10.2. The minimum atomic E-state index is -0.608. The van der Waals surface area contributed by atoms with Gasteiger partial charge in [-0.1, -0.05) is 17.7 Å². The third-order valence-electron chi connectivity index (χ3n) is 2.44. The predicted octanol–water partition coefficient (Wildman–Crippen LogP) is 2.95. The van der Waals surface area contributed by atoms with E-state index in [1.165, 1.54) is 30.6 Å². The summed E-state index contributed by atoms with van der Waals surface area (Å²) >= 11 is 5.83. The van der Waals surface area contributed by atoms with E-state index in [-0.39, 0.29) is 16.4 Å². The van der Waals surface area contributed by atoms with E-state index in [4.69, 9.17) is 11.6 Å². The van der Waals surface area contributed by atoms with E-state index in [1.54, 1.807) is 0 Å². The van der Waals surface area contributed by atoms with Gasteiger partial charge in [0, 0.05) is 6.54 Å². The first kappa shape index (κ1) is 14.2. The molecule has 0 spiro atoms. The number of anilines is 2. The highest BCUT2D eigenvalue weighted by molar-refractivity contribution is 6.33. The number of halogens is 2. The summed E-state index contributed by atoms with van der Waals surface area (Å²) < 4.78 is 13.5. The zero-order valence-electron chi connectivity index (χ0n) is 10.7. The Balaban J connectivity index is 2.16. The number of amides is 1. The number of carbonyl (C=O) groups excluding carboxylic acids is 1. The van der Waals surface area contributed by atoms with Crippen molar-refractivity contribution in [2.45, 2.75) is 6.92 Å². The molecule has 0 unspecified atom stereocenters. The summed E-state index contributed by atoms with van der Waals surface area (Å²) in [4.78, 5) is 19.9. The van der Waals surface area contributed by atoms with E-state index in [1.807, 2.05) is 6.92 Å². The van der Waals surface area contributed by atoms with Gasteiger partial charge < -0.3 is 10.6 Å². The molecule has 20 heavy (non-hydrogen) atoms. The minimum Gasteiger partial charge on any atom is -0.369 e. The van der Waals surface area contributed by atoms with Crippen molar-refractivity contribution >= 4 is 29.0 Å². The standard InChI is InChI=1S/C13H12ClFN4O/c1-2-16-11-7-17-10(6-18-11)13(20)19-12-8(14)4-3-5-9(12)15/h3-7H,2H2,1H3,(H,16,18)(H,19,20). The lowest BCUT2D eigenvalue weighted by molar-refractivity contribution is 0.102. The van der Waals surface area contributed by atoms with E-state index in [0.717, 1.165) is 0 Å². The highest BCUT2D eigenvalue weighted by atomic mass is 35.5. The number of rotatable bonds is 4. The lowest BCUT2D eigenvalue weighted by Crippen LogP contribution is -2.15. The maximum atomic E-state index is 13.5.